The molecular formula is C19H22N4O2S. The summed E-state index contributed by atoms with van der Waals surface area (Å²) in [7, 11) is 0. The highest BCUT2D eigenvalue weighted by Gasteiger charge is 2.37. The second-order valence-electron chi connectivity index (χ2n) is 7.08. The van der Waals surface area contributed by atoms with Gasteiger partial charge in [-0.25, -0.2) is 0 Å². The van der Waals surface area contributed by atoms with Crippen LogP contribution in [-0.4, -0.2) is 33.5 Å². The number of rotatable bonds is 4. The Bertz CT molecular complexity index is 813. The lowest BCUT2D eigenvalue weighted by Crippen LogP contribution is -2.38. The summed E-state index contributed by atoms with van der Waals surface area (Å²) in [4.78, 5) is 27.0. The average Bonchev–Trinajstić information content (AvgIpc) is 3.24. The molecule has 1 atom stereocenters. The van der Waals surface area contributed by atoms with Gasteiger partial charge in [0.05, 0.1) is 6.04 Å². The minimum absolute atomic E-state index is 0.0264. The summed E-state index contributed by atoms with van der Waals surface area (Å²) in [5.41, 5.74) is 1.87. The van der Waals surface area contributed by atoms with Gasteiger partial charge in [0.15, 0.2) is 0 Å². The van der Waals surface area contributed by atoms with Gasteiger partial charge in [-0.2, -0.15) is 0 Å². The Kier molecular flexibility index (Phi) is 4.72. The van der Waals surface area contributed by atoms with Gasteiger partial charge < -0.3 is 10.2 Å². The maximum Gasteiger partial charge on any atom is 0.286 e. The Morgan fingerprint density at radius 1 is 1.12 bits per heavy atom. The Morgan fingerprint density at radius 2 is 1.88 bits per heavy atom. The predicted octanol–water partition coefficient (Wildman–Crippen LogP) is 3.56. The van der Waals surface area contributed by atoms with Crippen LogP contribution in [0.4, 0.5) is 5.69 Å². The van der Waals surface area contributed by atoms with E-state index in [1.807, 2.05) is 36.1 Å². The molecule has 2 fully saturated rings. The zero-order valence-electron chi connectivity index (χ0n) is 14.8. The molecule has 2 aliphatic rings. The first-order valence-corrected chi connectivity index (χ1v) is 9.95. The highest BCUT2D eigenvalue weighted by molar-refractivity contribution is 7.13. The van der Waals surface area contributed by atoms with Crippen LogP contribution < -0.4 is 5.32 Å². The predicted molar refractivity (Wildman–Crippen MR) is 100 cm³/mol. The molecule has 2 amide bonds. The Labute approximate surface area is 156 Å². The fourth-order valence-corrected chi connectivity index (χ4v) is 4.35. The van der Waals surface area contributed by atoms with E-state index < -0.39 is 0 Å². The summed E-state index contributed by atoms with van der Waals surface area (Å²) in [6, 6.07) is 7.60. The molecule has 1 saturated heterocycles. The molecular weight excluding hydrogens is 348 g/mol. The van der Waals surface area contributed by atoms with Gasteiger partial charge in [0.25, 0.3) is 5.91 Å². The van der Waals surface area contributed by atoms with Crippen molar-refractivity contribution in [3.63, 3.8) is 0 Å². The van der Waals surface area contributed by atoms with E-state index in [1.165, 1.54) is 11.3 Å². The fraction of sp³-hybridized carbons (Fsp3) is 0.474. The van der Waals surface area contributed by atoms with Crippen LogP contribution in [0.15, 0.2) is 24.3 Å². The number of aromatic nitrogens is 2. The van der Waals surface area contributed by atoms with Crippen molar-refractivity contribution < 1.29 is 9.59 Å². The topological polar surface area (TPSA) is 75.2 Å². The Morgan fingerprint density at radius 3 is 2.58 bits per heavy atom. The standard InChI is InChI=1S/C19H22N4O2S/c1-12-7-9-14(10-8-12)20-16(24)18-22-21-17(26-18)15-6-3-11-23(15)19(25)13-4-2-5-13/h7-10,13,15H,2-6,11H2,1H3,(H,20,24). The third-order valence-electron chi connectivity index (χ3n) is 5.22. The van der Waals surface area contributed by atoms with Crippen LogP contribution in [0.2, 0.25) is 0 Å². The SMILES string of the molecule is Cc1ccc(NC(=O)c2nnc(C3CCCN3C(=O)C3CCC3)s2)cc1. The number of likely N-dealkylation sites (tertiary alicyclic amines) is 1. The molecule has 0 bridgehead atoms. The van der Waals surface area contributed by atoms with Gasteiger partial charge in [0, 0.05) is 18.2 Å². The number of benzene rings is 1. The van der Waals surface area contributed by atoms with Gasteiger partial charge in [0.2, 0.25) is 10.9 Å². The first-order valence-electron chi connectivity index (χ1n) is 9.14. The molecule has 6 nitrogen and oxygen atoms in total. The van der Waals surface area contributed by atoms with Crippen molar-refractivity contribution in [3.8, 4) is 0 Å². The van der Waals surface area contributed by atoms with Crippen LogP contribution in [0.5, 0.6) is 0 Å². The number of aryl methyl sites for hydroxylation is 1. The van der Waals surface area contributed by atoms with E-state index in [0.717, 1.165) is 54.9 Å². The second kappa shape index (κ2) is 7.15. The Balaban J connectivity index is 1.45. The van der Waals surface area contributed by atoms with E-state index in [9.17, 15) is 9.59 Å². The molecule has 1 aromatic heterocycles. The molecule has 1 saturated carbocycles. The number of carbonyl (C=O) groups is 2. The summed E-state index contributed by atoms with van der Waals surface area (Å²) in [6.07, 6.45) is 5.03. The lowest BCUT2D eigenvalue weighted by molar-refractivity contribution is -0.139. The maximum absolute atomic E-state index is 12.6. The molecule has 2 aromatic rings. The van der Waals surface area contributed by atoms with Crippen LogP contribution in [0.1, 0.15) is 58.5 Å². The summed E-state index contributed by atoms with van der Waals surface area (Å²) in [5.74, 6) is 0.180. The average molecular weight is 370 g/mol. The third kappa shape index (κ3) is 3.35. The number of anilines is 1. The normalized spacial score (nSPS) is 20.0. The maximum atomic E-state index is 12.6. The fourth-order valence-electron chi connectivity index (χ4n) is 3.46. The summed E-state index contributed by atoms with van der Waals surface area (Å²) < 4.78 is 0. The van der Waals surface area contributed by atoms with Crippen molar-refractivity contribution in [1.82, 2.24) is 15.1 Å². The minimum Gasteiger partial charge on any atom is -0.333 e. The van der Waals surface area contributed by atoms with E-state index in [-0.39, 0.29) is 23.8 Å². The van der Waals surface area contributed by atoms with Crippen molar-refractivity contribution >= 4 is 28.8 Å². The molecule has 1 aliphatic heterocycles. The molecule has 1 unspecified atom stereocenters. The molecule has 0 radical (unpaired) electrons. The van der Waals surface area contributed by atoms with Crippen LogP contribution in [0, 0.1) is 12.8 Å². The highest BCUT2D eigenvalue weighted by Crippen LogP contribution is 2.38. The van der Waals surface area contributed by atoms with Crippen LogP contribution in [-0.2, 0) is 4.79 Å². The van der Waals surface area contributed by atoms with Gasteiger partial charge in [-0.15, -0.1) is 10.2 Å². The molecule has 1 aromatic carbocycles. The van der Waals surface area contributed by atoms with Crippen LogP contribution in [0.3, 0.4) is 0 Å². The van der Waals surface area contributed by atoms with Gasteiger partial charge >= 0.3 is 0 Å². The highest BCUT2D eigenvalue weighted by atomic mass is 32.1. The van der Waals surface area contributed by atoms with Crippen molar-refractivity contribution in [1.29, 1.82) is 0 Å². The van der Waals surface area contributed by atoms with Gasteiger partial charge in [-0.3, -0.25) is 9.59 Å². The first kappa shape index (κ1) is 17.1. The lowest BCUT2D eigenvalue weighted by Gasteiger charge is -2.31. The number of nitrogens with zero attached hydrogens (tertiary/aromatic N) is 3. The quantitative estimate of drug-likeness (QED) is 0.893. The molecule has 26 heavy (non-hydrogen) atoms. The van der Waals surface area contributed by atoms with Gasteiger partial charge in [0.1, 0.15) is 5.01 Å². The molecule has 1 N–H and O–H groups in total. The number of amides is 2. The minimum atomic E-state index is -0.257. The Hall–Kier alpha value is -2.28. The summed E-state index contributed by atoms with van der Waals surface area (Å²) >= 11 is 1.29. The van der Waals surface area contributed by atoms with Gasteiger partial charge in [-0.05, 0) is 44.7 Å². The third-order valence-corrected chi connectivity index (χ3v) is 6.24. The first-order chi connectivity index (χ1) is 12.6. The second-order valence-corrected chi connectivity index (χ2v) is 8.09. The molecule has 4 rings (SSSR count). The molecule has 2 heterocycles. The van der Waals surface area contributed by atoms with E-state index in [0.29, 0.717) is 5.01 Å². The molecule has 1 aliphatic carbocycles. The van der Waals surface area contributed by atoms with Crippen molar-refractivity contribution in [2.75, 3.05) is 11.9 Å². The van der Waals surface area contributed by atoms with E-state index in [2.05, 4.69) is 15.5 Å². The van der Waals surface area contributed by atoms with Crippen molar-refractivity contribution in [2.24, 2.45) is 5.92 Å². The number of hydrogen-bond acceptors (Lipinski definition) is 5. The zero-order chi connectivity index (χ0) is 18.1. The number of nitrogens with one attached hydrogen (secondary N) is 1. The lowest BCUT2D eigenvalue weighted by atomic mass is 9.84. The largest absolute Gasteiger partial charge is 0.333 e. The van der Waals surface area contributed by atoms with Crippen molar-refractivity contribution in [3.05, 3.63) is 39.8 Å². The molecule has 0 spiro atoms. The summed E-state index contributed by atoms with van der Waals surface area (Å²) in [5, 5.41) is 12.2. The van der Waals surface area contributed by atoms with E-state index >= 15 is 0 Å². The molecule has 7 heteroatoms. The van der Waals surface area contributed by atoms with Crippen LogP contribution >= 0.6 is 11.3 Å². The number of hydrogen-bond donors (Lipinski definition) is 1. The van der Waals surface area contributed by atoms with Gasteiger partial charge in [-0.1, -0.05) is 35.5 Å². The zero-order valence-corrected chi connectivity index (χ0v) is 15.6. The van der Waals surface area contributed by atoms with Crippen LogP contribution in [0.25, 0.3) is 0 Å². The van der Waals surface area contributed by atoms with E-state index in [1.54, 1.807) is 0 Å². The number of carbonyl (C=O) groups excluding carboxylic acids is 2. The van der Waals surface area contributed by atoms with Crippen molar-refractivity contribution in [2.45, 2.75) is 45.1 Å². The molecule has 136 valence electrons. The smallest absolute Gasteiger partial charge is 0.286 e. The van der Waals surface area contributed by atoms with E-state index in [4.69, 9.17) is 0 Å². The monoisotopic (exact) mass is 370 g/mol. The summed E-state index contributed by atoms with van der Waals surface area (Å²) in [6.45, 7) is 2.78.